The van der Waals surface area contributed by atoms with Crippen LogP contribution < -0.4 is 0 Å². The van der Waals surface area contributed by atoms with E-state index in [-0.39, 0.29) is 17.4 Å². The van der Waals surface area contributed by atoms with Gasteiger partial charge in [0, 0.05) is 5.92 Å². The van der Waals surface area contributed by atoms with E-state index in [0.717, 1.165) is 0 Å². The molecule has 1 aromatic rings. The van der Waals surface area contributed by atoms with Crippen molar-refractivity contribution in [3.05, 3.63) is 35.9 Å². The Morgan fingerprint density at radius 2 is 1.57 bits per heavy atom. The Balaban J connectivity index is 2.81. The minimum Gasteiger partial charge on any atom is -0.392 e. The third-order valence-corrected chi connectivity index (χ3v) is 2.69. The second-order valence-corrected chi connectivity index (χ2v) is 5.01. The maximum Gasteiger partial charge on any atom is 0.0654 e. The standard InChI is InChI=1S/C13H20O/c1-10(12(14)13(2,3)4)11-8-6-5-7-9-11/h5-10,12,14H,1-4H3/t10-,12-/m0/s1. The van der Waals surface area contributed by atoms with Crippen molar-refractivity contribution in [3.8, 4) is 0 Å². The van der Waals surface area contributed by atoms with E-state index in [0.29, 0.717) is 0 Å². The van der Waals surface area contributed by atoms with Crippen molar-refractivity contribution in [1.82, 2.24) is 0 Å². The molecule has 0 saturated carbocycles. The van der Waals surface area contributed by atoms with Gasteiger partial charge in [0.25, 0.3) is 0 Å². The maximum absolute atomic E-state index is 10.1. The molecule has 0 unspecified atom stereocenters. The summed E-state index contributed by atoms with van der Waals surface area (Å²) in [6.07, 6.45) is -0.301. The van der Waals surface area contributed by atoms with Gasteiger partial charge >= 0.3 is 0 Å². The highest BCUT2D eigenvalue weighted by Crippen LogP contribution is 2.31. The summed E-state index contributed by atoms with van der Waals surface area (Å²) in [4.78, 5) is 0. The molecule has 1 aromatic carbocycles. The summed E-state index contributed by atoms with van der Waals surface area (Å²) >= 11 is 0. The van der Waals surface area contributed by atoms with E-state index in [1.807, 2.05) is 18.2 Å². The van der Waals surface area contributed by atoms with Crippen LogP contribution in [0.25, 0.3) is 0 Å². The van der Waals surface area contributed by atoms with Crippen molar-refractivity contribution in [2.24, 2.45) is 5.41 Å². The van der Waals surface area contributed by atoms with Crippen LogP contribution in [0, 0.1) is 5.41 Å². The van der Waals surface area contributed by atoms with Gasteiger partial charge in [-0.25, -0.2) is 0 Å². The molecule has 0 bridgehead atoms. The lowest BCUT2D eigenvalue weighted by molar-refractivity contribution is 0.0434. The minimum absolute atomic E-state index is 0.0603. The monoisotopic (exact) mass is 192 g/mol. The molecule has 0 aliphatic heterocycles. The van der Waals surface area contributed by atoms with E-state index >= 15 is 0 Å². The molecule has 0 aliphatic carbocycles. The average Bonchev–Trinajstić information content (AvgIpc) is 2.15. The zero-order chi connectivity index (χ0) is 10.8. The van der Waals surface area contributed by atoms with Crippen LogP contribution in [0.2, 0.25) is 0 Å². The van der Waals surface area contributed by atoms with Crippen LogP contribution in [0.4, 0.5) is 0 Å². The average molecular weight is 192 g/mol. The third kappa shape index (κ3) is 2.58. The van der Waals surface area contributed by atoms with Gasteiger partial charge in [0.05, 0.1) is 6.10 Å². The van der Waals surface area contributed by atoms with Crippen molar-refractivity contribution in [2.45, 2.75) is 39.7 Å². The number of hydrogen-bond donors (Lipinski definition) is 1. The lowest BCUT2D eigenvalue weighted by Crippen LogP contribution is -2.31. The minimum atomic E-state index is -0.301. The van der Waals surface area contributed by atoms with Gasteiger partial charge in [0.15, 0.2) is 0 Å². The zero-order valence-electron chi connectivity index (χ0n) is 9.49. The first-order valence-electron chi connectivity index (χ1n) is 5.16. The summed E-state index contributed by atoms with van der Waals surface area (Å²) in [5.74, 6) is 0.191. The van der Waals surface area contributed by atoms with Crippen LogP contribution in [0.15, 0.2) is 30.3 Å². The molecule has 0 fully saturated rings. The Bertz CT molecular complexity index is 271. The van der Waals surface area contributed by atoms with Gasteiger partial charge in [-0.2, -0.15) is 0 Å². The van der Waals surface area contributed by atoms with Gasteiger partial charge in [0.2, 0.25) is 0 Å². The molecule has 2 atom stereocenters. The Hall–Kier alpha value is -0.820. The van der Waals surface area contributed by atoms with Gasteiger partial charge in [0.1, 0.15) is 0 Å². The molecule has 1 N–H and O–H groups in total. The molecule has 0 heterocycles. The maximum atomic E-state index is 10.1. The Labute approximate surface area is 86.8 Å². The summed E-state index contributed by atoms with van der Waals surface area (Å²) < 4.78 is 0. The van der Waals surface area contributed by atoms with Crippen LogP contribution in [-0.4, -0.2) is 11.2 Å². The van der Waals surface area contributed by atoms with Crippen molar-refractivity contribution in [2.75, 3.05) is 0 Å². The highest BCUT2D eigenvalue weighted by Gasteiger charge is 2.28. The summed E-state index contributed by atoms with van der Waals surface area (Å²) in [5.41, 5.74) is 1.14. The van der Waals surface area contributed by atoms with Gasteiger partial charge in [-0.15, -0.1) is 0 Å². The molecule has 0 saturated heterocycles. The van der Waals surface area contributed by atoms with Gasteiger partial charge in [-0.1, -0.05) is 58.0 Å². The van der Waals surface area contributed by atoms with Crippen LogP contribution in [-0.2, 0) is 0 Å². The van der Waals surface area contributed by atoms with Crippen molar-refractivity contribution >= 4 is 0 Å². The number of aliphatic hydroxyl groups excluding tert-OH is 1. The smallest absolute Gasteiger partial charge is 0.0654 e. The van der Waals surface area contributed by atoms with E-state index in [1.165, 1.54) is 5.56 Å². The molecule has 1 rings (SSSR count). The van der Waals surface area contributed by atoms with E-state index in [2.05, 4.69) is 39.8 Å². The van der Waals surface area contributed by atoms with Crippen LogP contribution in [0.3, 0.4) is 0 Å². The lowest BCUT2D eigenvalue weighted by atomic mass is 9.79. The first-order valence-corrected chi connectivity index (χ1v) is 5.16. The second kappa shape index (κ2) is 4.14. The normalized spacial score (nSPS) is 16.4. The first kappa shape index (κ1) is 11.3. The number of rotatable bonds is 2. The van der Waals surface area contributed by atoms with Crippen LogP contribution in [0.5, 0.6) is 0 Å². The fraction of sp³-hybridized carbons (Fsp3) is 0.538. The molecule has 14 heavy (non-hydrogen) atoms. The van der Waals surface area contributed by atoms with E-state index in [9.17, 15) is 5.11 Å². The molecule has 78 valence electrons. The molecule has 0 aliphatic rings. The fourth-order valence-electron chi connectivity index (χ4n) is 1.69. The fourth-order valence-corrected chi connectivity index (χ4v) is 1.69. The van der Waals surface area contributed by atoms with E-state index < -0.39 is 0 Å². The van der Waals surface area contributed by atoms with Crippen LogP contribution in [0.1, 0.15) is 39.2 Å². The third-order valence-electron chi connectivity index (χ3n) is 2.69. The molecule has 1 nitrogen and oxygen atoms in total. The molecule has 0 radical (unpaired) electrons. The summed E-state index contributed by atoms with van der Waals surface area (Å²) in [6.45, 7) is 8.27. The summed E-state index contributed by atoms with van der Waals surface area (Å²) in [5, 5.41) is 10.1. The number of aliphatic hydroxyl groups is 1. The Morgan fingerprint density at radius 1 is 1.07 bits per heavy atom. The van der Waals surface area contributed by atoms with Crippen LogP contribution >= 0.6 is 0 Å². The topological polar surface area (TPSA) is 20.2 Å². The Kier molecular flexibility index (Phi) is 3.33. The SMILES string of the molecule is C[C@@H](c1ccccc1)[C@H](O)C(C)(C)C. The number of hydrogen-bond acceptors (Lipinski definition) is 1. The molecule has 0 amide bonds. The van der Waals surface area contributed by atoms with E-state index in [1.54, 1.807) is 0 Å². The van der Waals surface area contributed by atoms with Gasteiger partial charge in [-0.05, 0) is 11.0 Å². The number of benzene rings is 1. The first-order chi connectivity index (χ1) is 6.43. The highest BCUT2D eigenvalue weighted by molar-refractivity contribution is 5.20. The van der Waals surface area contributed by atoms with Crippen molar-refractivity contribution < 1.29 is 5.11 Å². The molecular weight excluding hydrogens is 172 g/mol. The molecule has 0 spiro atoms. The van der Waals surface area contributed by atoms with Gasteiger partial charge in [-0.3, -0.25) is 0 Å². The lowest BCUT2D eigenvalue weighted by Gasteiger charge is -2.31. The van der Waals surface area contributed by atoms with E-state index in [4.69, 9.17) is 0 Å². The summed E-state index contributed by atoms with van der Waals surface area (Å²) in [6, 6.07) is 10.2. The zero-order valence-corrected chi connectivity index (χ0v) is 9.49. The second-order valence-electron chi connectivity index (χ2n) is 5.01. The predicted molar refractivity (Wildman–Crippen MR) is 60.3 cm³/mol. The Morgan fingerprint density at radius 3 is 2.00 bits per heavy atom. The largest absolute Gasteiger partial charge is 0.392 e. The highest BCUT2D eigenvalue weighted by atomic mass is 16.3. The summed E-state index contributed by atoms with van der Waals surface area (Å²) in [7, 11) is 0. The quantitative estimate of drug-likeness (QED) is 0.763. The van der Waals surface area contributed by atoms with Crippen molar-refractivity contribution in [1.29, 1.82) is 0 Å². The molecular formula is C13H20O. The van der Waals surface area contributed by atoms with Gasteiger partial charge < -0.3 is 5.11 Å². The van der Waals surface area contributed by atoms with Crippen molar-refractivity contribution in [3.63, 3.8) is 0 Å². The molecule has 1 heteroatoms. The predicted octanol–water partition coefficient (Wildman–Crippen LogP) is 3.20. The molecule has 0 aromatic heterocycles.